The van der Waals surface area contributed by atoms with E-state index in [-0.39, 0.29) is 0 Å². The first-order chi connectivity index (χ1) is 8.59. The van der Waals surface area contributed by atoms with E-state index in [4.69, 9.17) is 0 Å². The smallest absolute Gasteiger partial charge is 0.0596 e. The van der Waals surface area contributed by atoms with Gasteiger partial charge in [0.1, 0.15) is 0 Å². The van der Waals surface area contributed by atoms with Crippen LogP contribution in [0.2, 0.25) is 0 Å². The van der Waals surface area contributed by atoms with Gasteiger partial charge in [0.25, 0.3) is 0 Å². The van der Waals surface area contributed by atoms with Gasteiger partial charge in [-0.15, -0.1) is 11.3 Å². The third kappa shape index (κ3) is 2.87. The molecule has 0 aliphatic heterocycles. The number of hydrogen-bond donors (Lipinski definition) is 1. The summed E-state index contributed by atoms with van der Waals surface area (Å²) in [6, 6.07) is 10.8. The number of halogens is 1. The molecule has 0 radical (unpaired) electrons. The van der Waals surface area contributed by atoms with E-state index in [0.29, 0.717) is 6.04 Å². The van der Waals surface area contributed by atoms with Crippen LogP contribution >= 0.6 is 27.3 Å². The van der Waals surface area contributed by atoms with Gasteiger partial charge in [0, 0.05) is 23.4 Å². The van der Waals surface area contributed by atoms with Gasteiger partial charge in [-0.05, 0) is 46.4 Å². The van der Waals surface area contributed by atoms with E-state index in [1.54, 1.807) is 11.3 Å². The van der Waals surface area contributed by atoms with Gasteiger partial charge in [0.15, 0.2) is 0 Å². The Morgan fingerprint density at radius 1 is 1.22 bits per heavy atom. The largest absolute Gasteiger partial charge is 0.376 e. The summed E-state index contributed by atoms with van der Waals surface area (Å²) in [6.07, 6.45) is 0. The molecule has 0 amide bonds. The lowest BCUT2D eigenvalue weighted by Gasteiger charge is -2.21. The van der Waals surface area contributed by atoms with Gasteiger partial charge in [-0.2, -0.15) is 0 Å². The Hall–Kier alpha value is -1.00. The van der Waals surface area contributed by atoms with Crippen molar-refractivity contribution in [2.75, 3.05) is 24.3 Å². The highest BCUT2D eigenvalue weighted by atomic mass is 79.9. The third-order valence-electron chi connectivity index (χ3n) is 2.80. The van der Waals surface area contributed by atoms with Gasteiger partial charge in [-0.3, -0.25) is 0 Å². The van der Waals surface area contributed by atoms with Crippen LogP contribution in [0.5, 0.6) is 0 Å². The molecule has 1 aromatic carbocycles. The van der Waals surface area contributed by atoms with Crippen molar-refractivity contribution in [1.29, 1.82) is 0 Å². The quantitative estimate of drug-likeness (QED) is 0.873. The zero-order chi connectivity index (χ0) is 13.1. The fraction of sp³-hybridized carbons (Fsp3) is 0.286. The fourth-order valence-electron chi connectivity index (χ4n) is 1.90. The summed E-state index contributed by atoms with van der Waals surface area (Å²) < 4.78 is 1.18. The molecule has 0 aliphatic rings. The van der Waals surface area contributed by atoms with Crippen LogP contribution in [0.3, 0.4) is 0 Å². The topological polar surface area (TPSA) is 15.3 Å². The molecule has 1 atom stereocenters. The Morgan fingerprint density at radius 3 is 2.56 bits per heavy atom. The number of para-hydroxylation sites is 2. The third-order valence-corrected chi connectivity index (χ3v) is 4.85. The molecule has 0 fully saturated rings. The summed E-state index contributed by atoms with van der Waals surface area (Å²) >= 11 is 5.36. The summed E-state index contributed by atoms with van der Waals surface area (Å²) in [5, 5.41) is 5.68. The molecule has 4 heteroatoms. The van der Waals surface area contributed by atoms with E-state index in [1.165, 1.54) is 15.0 Å². The molecule has 0 saturated heterocycles. The van der Waals surface area contributed by atoms with Crippen LogP contribution in [0.4, 0.5) is 11.4 Å². The van der Waals surface area contributed by atoms with Crippen LogP contribution in [0, 0.1) is 0 Å². The average Bonchev–Trinajstić information content (AvgIpc) is 2.76. The number of benzene rings is 1. The molecule has 96 valence electrons. The minimum atomic E-state index is 0.292. The summed E-state index contributed by atoms with van der Waals surface area (Å²) in [4.78, 5) is 3.45. The summed E-state index contributed by atoms with van der Waals surface area (Å²) in [7, 11) is 4.12. The first kappa shape index (κ1) is 13.4. The number of thiophene rings is 1. The van der Waals surface area contributed by atoms with Crippen LogP contribution in [0.25, 0.3) is 0 Å². The molecule has 18 heavy (non-hydrogen) atoms. The highest BCUT2D eigenvalue weighted by molar-refractivity contribution is 9.10. The minimum Gasteiger partial charge on any atom is -0.376 e. The molecule has 2 nitrogen and oxygen atoms in total. The maximum atomic E-state index is 3.59. The lowest BCUT2D eigenvalue weighted by molar-refractivity contribution is 0.901. The second-order valence-electron chi connectivity index (χ2n) is 4.41. The van der Waals surface area contributed by atoms with Crippen LogP contribution < -0.4 is 10.2 Å². The predicted molar refractivity (Wildman–Crippen MR) is 84.8 cm³/mol. The molecular weight excluding hydrogens is 308 g/mol. The Labute approximate surface area is 121 Å². The fourth-order valence-corrected chi connectivity index (χ4v) is 3.62. The normalized spacial score (nSPS) is 12.2. The zero-order valence-electron chi connectivity index (χ0n) is 10.8. The monoisotopic (exact) mass is 324 g/mol. The van der Waals surface area contributed by atoms with Crippen molar-refractivity contribution in [2.24, 2.45) is 0 Å². The number of anilines is 2. The number of rotatable bonds is 4. The Balaban J connectivity index is 2.22. The first-order valence-electron chi connectivity index (χ1n) is 5.85. The van der Waals surface area contributed by atoms with Gasteiger partial charge in [-0.25, -0.2) is 0 Å². The number of hydrogen-bond acceptors (Lipinski definition) is 3. The summed E-state index contributed by atoms with van der Waals surface area (Å²) in [6.45, 7) is 2.18. The van der Waals surface area contributed by atoms with Crippen molar-refractivity contribution in [2.45, 2.75) is 13.0 Å². The maximum Gasteiger partial charge on any atom is 0.0596 e. The SMILES string of the molecule is CC(Nc1ccccc1N(C)C)c1sccc1Br. The highest BCUT2D eigenvalue weighted by Crippen LogP contribution is 2.33. The Morgan fingerprint density at radius 2 is 1.94 bits per heavy atom. The van der Waals surface area contributed by atoms with E-state index < -0.39 is 0 Å². The minimum absolute atomic E-state index is 0.292. The van der Waals surface area contributed by atoms with Crippen molar-refractivity contribution in [3.8, 4) is 0 Å². The second-order valence-corrected chi connectivity index (χ2v) is 6.21. The molecule has 1 aromatic heterocycles. The van der Waals surface area contributed by atoms with Crippen LogP contribution in [-0.2, 0) is 0 Å². The predicted octanol–water partition coefficient (Wildman–Crippen LogP) is 4.75. The molecular formula is C14H17BrN2S. The standard InChI is InChI=1S/C14H17BrN2S/c1-10(14-11(15)8-9-18-14)16-12-6-4-5-7-13(12)17(2)3/h4-10,16H,1-3H3. The van der Waals surface area contributed by atoms with Crippen molar-refractivity contribution in [1.82, 2.24) is 0 Å². The van der Waals surface area contributed by atoms with Crippen molar-refractivity contribution in [3.63, 3.8) is 0 Å². The van der Waals surface area contributed by atoms with E-state index in [1.807, 2.05) is 0 Å². The lowest BCUT2D eigenvalue weighted by Crippen LogP contribution is -2.13. The van der Waals surface area contributed by atoms with Crippen molar-refractivity contribution in [3.05, 3.63) is 45.1 Å². The molecule has 2 aromatic rings. The van der Waals surface area contributed by atoms with Gasteiger partial charge < -0.3 is 10.2 Å². The van der Waals surface area contributed by atoms with E-state index in [2.05, 4.69) is 82.9 Å². The molecule has 1 unspecified atom stereocenters. The first-order valence-corrected chi connectivity index (χ1v) is 7.52. The van der Waals surface area contributed by atoms with E-state index in [0.717, 1.165) is 5.69 Å². The maximum absolute atomic E-state index is 3.59. The van der Waals surface area contributed by atoms with Gasteiger partial charge in [0.2, 0.25) is 0 Å². The van der Waals surface area contributed by atoms with Gasteiger partial charge in [0.05, 0.1) is 17.4 Å². The Kier molecular flexibility index (Phi) is 4.30. The van der Waals surface area contributed by atoms with Crippen LogP contribution in [0.1, 0.15) is 17.8 Å². The molecule has 0 spiro atoms. The van der Waals surface area contributed by atoms with Crippen molar-refractivity contribution >= 4 is 38.6 Å². The lowest BCUT2D eigenvalue weighted by atomic mass is 10.2. The molecule has 0 saturated carbocycles. The van der Waals surface area contributed by atoms with Crippen molar-refractivity contribution < 1.29 is 0 Å². The van der Waals surface area contributed by atoms with Crippen LogP contribution in [0.15, 0.2) is 40.2 Å². The molecule has 1 heterocycles. The summed E-state index contributed by atoms with van der Waals surface area (Å²) in [5.41, 5.74) is 2.37. The molecule has 0 aliphatic carbocycles. The molecule has 1 N–H and O–H groups in total. The van der Waals surface area contributed by atoms with Gasteiger partial charge >= 0.3 is 0 Å². The molecule has 2 rings (SSSR count). The van der Waals surface area contributed by atoms with E-state index >= 15 is 0 Å². The average molecular weight is 325 g/mol. The highest BCUT2D eigenvalue weighted by Gasteiger charge is 2.12. The van der Waals surface area contributed by atoms with Gasteiger partial charge in [-0.1, -0.05) is 12.1 Å². The van der Waals surface area contributed by atoms with E-state index in [9.17, 15) is 0 Å². The zero-order valence-corrected chi connectivity index (χ0v) is 13.2. The van der Waals surface area contributed by atoms with Crippen LogP contribution in [-0.4, -0.2) is 14.1 Å². The number of nitrogens with one attached hydrogen (secondary N) is 1. The Bertz CT molecular complexity index is 522. The number of nitrogens with zero attached hydrogens (tertiary/aromatic N) is 1. The summed E-state index contributed by atoms with van der Waals surface area (Å²) in [5.74, 6) is 0. The molecule has 0 bridgehead atoms. The second kappa shape index (κ2) is 5.76.